The standard InChI is InChI=1S/C19H22N4O4S/c1-5-23-15(10-12(2)21-23)17(24)20-19-22(8-9-26-3)14-7-6-13(18(25)27-4)11-16(14)28-19/h6-7,10-11H,5,8-9H2,1-4H3. The van der Waals surface area contributed by atoms with Gasteiger partial charge in [-0.1, -0.05) is 11.3 Å². The Kier molecular flexibility index (Phi) is 6.05. The highest BCUT2D eigenvalue weighted by Crippen LogP contribution is 2.20. The third-order valence-electron chi connectivity index (χ3n) is 4.24. The summed E-state index contributed by atoms with van der Waals surface area (Å²) >= 11 is 1.34. The van der Waals surface area contributed by atoms with E-state index >= 15 is 0 Å². The van der Waals surface area contributed by atoms with E-state index in [1.54, 1.807) is 30.0 Å². The minimum Gasteiger partial charge on any atom is -0.465 e. The minimum atomic E-state index is -0.407. The first kappa shape index (κ1) is 20.0. The van der Waals surface area contributed by atoms with Crippen LogP contribution in [0.3, 0.4) is 0 Å². The number of carbonyl (C=O) groups is 2. The highest BCUT2D eigenvalue weighted by atomic mass is 32.1. The average molecular weight is 402 g/mol. The van der Waals surface area contributed by atoms with Crippen molar-refractivity contribution >= 4 is 33.4 Å². The number of nitrogens with zero attached hydrogens (tertiary/aromatic N) is 4. The van der Waals surface area contributed by atoms with Gasteiger partial charge in [-0.2, -0.15) is 10.1 Å². The van der Waals surface area contributed by atoms with Crippen molar-refractivity contribution in [2.75, 3.05) is 20.8 Å². The molecule has 2 aromatic heterocycles. The number of carbonyl (C=O) groups excluding carboxylic acids is 2. The van der Waals surface area contributed by atoms with Gasteiger partial charge in [-0.3, -0.25) is 9.48 Å². The molecule has 0 atom stereocenters. The minimum absolute atomic E-state index is 0.353. The van der Waals surface area contributed by atoms with E-state index in [4.69, 9.17) is 9.47 Å². The van der Waals surface area contributed by atoms with Crippen molar-refractivity contribution < 1.29 is 19.1 Å². The van der Waals surface area contributed by atoms with E-state index in [1.807, 2.05) is 24.5 Å². The average Bonchev–Trinajstić information content (AvgIpc) is 3.24. The highest BCUT2D eigenvalue weighted by Gasteiger charge is 2.15. The Morgan fingerprint density at radius 2 is 2.04 bits per heavy atom. The molecule has 0 unspecified atom stereocenters. The van der Waals surface area contributed by atoms with Crippen LogP contribution < -0.4 is 4.80 Å². The normalized spacial score (nSPS) is 11.9. The molecule has 0 aliphatic heterocycles. The quantitative estimate of drug-likeness (QED) is 0.591. The van der Waals surface area contributed by atoms with Gasteiger partial charge >= 0.3 is 5.97 Å². The topological polar surface area (TPSA) is 87.7 Å². The first-order valence-corrected chi connectivity index (χ1v) is 9.64. The Balaban J connectivity index is 2.13. The molecule has 148 valence electrons. The highest BCUT2D eigenvalue weighted by molar-refractivity contribution is 7.16. The maximum Gasteiger partial charge on any atom is 0.337 e. The number of aryl methyl sites for hydroxylation is 2. The number of benzene rings is 1. The van der Waals surface area contributed by atoms with Crippen molar-refractivity contribution in [1.29, 1.82) is 0 Å². The van der Waals surface area contributed by atoms with E-state index in [9.17, 15) is 9.59 Å². The Hall–Kier alpha value is -2.78. The summed E-state index contributed by atoms with van der Waals surface area (Å²) in [6, 6.07) is 7.01. The van der Waals surface area contributed by atoms with E-state index in [2.05, 4.69) is 10.1 Å². The molecule has 0 spiro atoms. The Morgan fingerprint density at radius 3 is 2.71 bits per heavy atom. The number of amides is 1. The van der Waals surface area contributed by atoms with Gasteiger partial charge in [0, 0.05) is 20.2 Å². The molecule has 3 rings (SSSR count). The summed E-state index contributed by atoms with van der Waals surface area (Å²) in [5.41, 5.74) is 2.55. The van der Waals surface area contributed by atoms with Crippen molar-refractivity contribution in [3.63, 3.8) is 0 Å². The number of hydrogen-bond donors (Lipinski definition) is 0. The summed E-state index contributed by atoms with van der Waals surface area (Å²) in [5.74, 6) is -0.760. The second-order valence-corrected chi connectivity index (χ2v) is 7.12. The molecular weight excluding hydrogens is 380 g/mol. The second kappa shape index (κ2) is 8.49. The van der Waals surface area contributed by atoms with E-state index in [0.29, 0.717) is 35.8 Å². The van der Waals surface area contributed by atoms with Gasteiger partial charge in [0.15, 0.2) is 4.80 Å². The summed E-state index contributed by atoms with van der Waals surface area (Å²) in [5, 5.41) is 4.31. The number of aromatic nitrogens is 3. The van der Waals surface area contributed by atoms with Crippen LogP contribution in [0.5, 0.6) is 0 Å². The van der Waals surface area contributed by atoms with Gasteiger partial charge < -0.3 is 14.0 Å². The number of ether oxygens (including phenoxy) is 2. The van der Waals surface area contributed by atoms with Crippen LogP contribution in [0.15, 0.2) is 29.3 Å². The number of fused-ring (bicyclic) bond motifs is 1. The van der Waals surface area contributed by atoms with Crippen molar-refractivity contribution in [2.45, 2.75) is 26.9 Å². The van der Waals surface area contributed by atoms with Gasteiger partial charge in [-0.25, -0.2) is 4.79 Å². The van der Waals surface area contributed by atoms with E-state index in [1.165, 1.54) is 18.4 Å². The monoisotopic (exact) mass is 402 g/mol. The molecular formula is C19H22N4O4S. The lowest BCUT2D eigenvalue weighted by Crippen LogP contribution is -2.20. The van der Waals surface area contributed by atoms with Crippen molar-refractivity contribution in [2.24, 2.45) is 4.99 Å². The van der Waals surface area contributed by atoms with E-state index in [-0.39, 0.29) is 5.91 Å². The molecule has 3 aromatic rings. The molecule has 9 heteroatoms. The molecule has 0 saturated carbocycles. The summed E-state index contributed by atoms with van der Waals surface area (Å²) in [6.07, 6.45) is 0. The number of thiazole rings is 1. The molecule has 0 saturated heterocycles. The molecule has 1 amide bonds. The predicted octanol–water partition coefficient (Wildman–Crippen LogP) is 2.40. The largest absolute Gasteiger partial charge is 0.465 e. The molecule has 28 heavy (non-hydrogen) atoms. The number of hydrogen-bond acceptors (Lipinski definition) is 6. The summed E-state index contributed by atoms with van der Waals surface area (Å²) < 4.78 is 14.4. The molecule has 0 aliphatic carbocycles. The van der Waals surface area contributed by atoms with E-state index < -0.39 is 5.97 Å². The summed E-state index contributed by atoms with van der Waals surface area (Å²) in [4.78, 5) is 29.5. The predicted molar refractivity (Wildman–Crippen MR) is 106 cm³/mol. The van der Waals surface area contributed by atoms with Crippen molar-refractivity contribution in [3.8, 4) is 0 Å². The van der Waals surface area contributed by atoms with Crippen LogP contribution in [0.4, 0.5) is 0 Å². The summed E-state index contributed by atoms with van der Waals surface area (Å²) in [7, 11) is 2.97. The van der Waals surface area contributed by atoms with Gasteiger partial charge in [0.25, 0.3) is 5.91 Å². The van der Waals surface area contributed by atoms with Gasteiger partial charge in [-0.15, -0.1) is 0 Å². The lowest BCUT2D eigenvalue weighted by molar-refractivity contribution is 0.0600. The number of esters is 1. The summed E-state index contributed by atoms with van der Waals surface area (Å²) in [6.45, 7) is 5.36. The number of methoxy groups -OCH3 is 2. The van der Waals surface area contributed by atoms with Crippen LogP contribution in [-0.4, -0.2) is 47.1 Å². The SMILES string of the molecule is CCn1nc(C)cc1C(=O)N=c1sc2cc(C(=O)OC)ccc2n1CCOC. The zero-order valence-electron chi connectivity index (χ0n) is 16.3. The molecule has 0 bridgehead atoms. The van der Waals surface area contributed by atoms with Crippen LogP contribution >= 0.6 is 11.3 Å². The van der Waals surface area contributed by atoms with Crippen LogP contribution in [-0.2, 0) is 22.6 Å². The molecule has 1 aromatic carbocycles. The van der Waals surface area contributed by atoms with E-state index in [0.717, 1.165) is 15.9 Å². The maximum atomic E-state index is 12.8. The lowest BCUT2D eigenvalue weighted by Gasteiger charge is -2.05. The third kappa shape index (κ3) is 3.90. The zero-order valence-corrected chi connectivity index (χ0v) is 17.1. The molecule has 2 heterocycles. The maximum absolute atomic E-state index is 12.8. The van der Waals surface area contributed by atoms with Gasteiger partial charge in [0.05, 0.1) is 35.2 Å². The van der Waals surface area contributed by atoms with Gasteiger partial charge in [-0.05, 0) is 38.1 Å². The first-order chi connectivity index (χ1) is 13.5. The van der Waals surface area contributed by atoms with Gasteiger partial charge in [0.2, 0.25) is 0 Å². The molecule has 0 radical (unpaired) electrons. The molecule has 8 nitrogen and oxygen atoms in total. The second-order valence-electron chi connectivity index (χ2n) is 6.11. The molecule has 0 aliphatic rings. The fourth-order valence-corrected chi connectivity index (χ4v) is 4.00. The lowest BCUT2D eigenvalue weighted by atomic mass is 10.2. The fraction of sp³-hybridized carbons (Fsp3) is 0.368. The smallest absolute Gasteiger partial charge is 0.337 e. The Bertz CT molecular complexity index is 1090. The van der Waals surface area contributed by atoms with Crippen LogP contribution in [0.25, 0.3) is 10.2 Å². The fourth-order valence-electron chi connectivity index (χ4n) is 2.90. The Morgan fingerprint density at radius 1 is 1.25 bits per heavy atom. The third-order valence-corrected chi connectivity index (χ3v) is 5.28. The molecule has 0 N–H and O–H groups in total. The van der Waals surface area contributed by atoms with Crippen LogP contribution in [0, 0.1) is 6.92 Å². The first-order valence-electron chi connectivity index (χ1n) is 8.82. The zero-order chi connectivity index (χ0) is 20.3. The van der Waals surface area contributed by atoms with Crippen molar-refractivity contribution in [3.05, 3.63) is 46.0 Å². The number of rotatable bonds is 6. The Labute approximate surface area is 166 Å². The van der Waals surface area contributed by atoms with Gasteiger partial charge in [0.1, 0.15) is 5.69 Å². The van der Waals surface area contributed by atoms with Crippen molar-refractivity contribution in [1.82, 2.24) is 14.3 Å². The molecule has 0 fully saturated rings. The van der Waals surface area contributed by atoms with Crippen LogP contribution in [0.1, 0.15) is 33.5 Å². The van der Waals surface area contributed by atoms with Crippen LogP contribution in [0.2, 0.25) is 0 Å².